The average molecular weight is 324 g/mol. The molecule has 0 radical (unpaired) electrons. The van der Waals surface area contributed by atoms with Crippen molar-refractivity contribution in [1.82, 2.24) is 19.2 Å². The van der Waals surface area contributed by atoms with Gasteiger partial charge in [-0.3, -0.25) is 4.79 Å². The number of nitrogens with zero attached hydrogens (tertiary/aromatic N) is 4. The summed E-state index contributed by atoms with van der Waals surface area (Å²) in [6.45, 7) is 4.02. The van der Waals surface area contributed by atoms with Crippen LogP contribution in [0.15, 0.2) is 18.6 Å². The molecule has 120 valence electrons. The molecule has 2 fully saturated rings. The molecule has 3 rings (SSSR count). The van der Waals surface area contributed by atoms with Crippen molar-refractivity contribution >= 4 is 15.9 Å². The Kier molecular flexibility index (Phi) is 4.14. The first kappa shape index (κ1) is 15.4. The number of rotatable bonds is 2. The lowest BCUT2D eigenvalue weighted by atomic mass is 10.0. The van der Waals surface area contributed by atoms with E-state index in [2.05, 4.69) is 9.97 Å². The first-order valence-corrected chi connectivity index (χ1v) is 9.08. The molecule has 0 saturated carbocycles. The third-order valence-corrected chi connectivity index (χ3v) is 7.11. The number of amides is 1. The molecule has 7 nitrogen and oxygen atoms in total. The highest BCUT2D eigenvalue weighted by Crippen LogP contribution is 2.34. The molecular weight excluding hydrogens is 304 g/mol. The van der Waals surface area contributed by atoms with Gasteiger partial charge in [-0.1, -0.05) is 6.92 Å². The lowest BCUT2D eigenvalue weighted by molar-refractivity contribution is 0.0753. The van der Waals surface area contributed by atoms with E-state index in [1.165, 1.54) is 12.5 Å². The van der Waals surface area contributed by atoms with Crippen LogP contribution in [-0.2, 0) is 10.0 Å². The van der Waals surface area contributed by atoms with Crippen molar-refractivity contribution in [1.29, 1.82) is 0 Å². The van der Waals surface area contributed by atoms with Crippen molar-refractivity contribution in [2.45, 2.75) is 25.0 Å². The van der Waals surface area contributed by atoms with Crippen LogP contribution in [-0.4, -0.2) is 64.9 Å². The zero-order valence-electron chi connectivity index (χ0n) is 12.6. The Morgan fingerprint density at radius 3 is 2.82 bits per heavy atom. The number of fused-ring (bicyclic) bond motifs is 1. The second kappa shape index (κ2) is 5.92. The predicted octanol–water partition coefficient (Wildman–Crippen LogP) is 0.363. The highest BCUT2D eigenvalue weighted by molar-refractivity contribution is 7.90. The smallest absolute Gasteiger partial charge is 0.272 e. The molecule has 0 bridgehead atoms. The van der Waals surface area contributed by atoms with Gasteiger partial charge in [-0.15, -0.1) is 0 Å². The maximum Gasteiger partial charge on any atom is 0.272 e. The minimum atomic E-state index is -3.21. The lowest BCUT2D eigenvalue weighted by Gasteiger charge is -2.21. The first-order valence-electron chi connectivity index (χ1n) is 7.58. The molecule has 0 aromatic carbocycles. The summed E-state index contributed by atoms with van der Waals surface area (Å²) in [5.41, 5.74) is 0.361. The molecule has 0 unspecified atom stereocenters. The minimum absolute atomic E-state index is 0.119. The summed E-state index contributed by atoms with van der Waals surface area (Å²) < 4.78 is 26.5. The molecule has 1 amide bonds. The second-order valence-corrected chi connectivity index (χ2v) is 7.91. The third-order valence-electron chi connectivity index (χ3n) is 4.60. The average Bonchev–Trinajstić information content (AvgIpc) is 2.68. The van der Waals surface area contributed by atoms with E-state index in [0.717, 1.165) is 6.42 Å². The summed E-state index contributed by atoms with van der Waals surface area (Å²) >= 11 is 0. The van der Waals surface area contributed by atoms with Gasteiger partial charge in [0.05, 0.1) is 5.25 Å². The van der Waals surface area contributed by atoms with E-state index in [9.17, 15) is 13.2 Å². The third kappa shape index (κ3) is 2.61. The SMILES string of the molecule is CCN1C[C@H]2CCN(C(=O)c3ccncn3)CC[C@H]2S1(=O)=O. The zero-order valence-corrected chi connectivity index (χ0v) is 13.4. The summed E-state index contributed by atoms with van der Waals surface area (Å²) in [6, 6.07) is 1.59. The molecule has 2 aliphatic rings. The van der Waals surface area contributed by atoms with Crippen molar-refractivity contribution < 1.29 is 13.2 Å². The van der Waals surface area contributed by atoms with Crippen LogP contribution in [0.3, 0.4) is 0 Å². The number of likely N-dealkylation sites (tertiary alicyclic amines) is 1. The van der Waals surface area contributed by atoms with Crippen LogP contribution in [0.2, 0.25) is 0 Å². The van der Waals surface area contributed by atoms with Gasteiger partial charge in [-0.25, -0.2) is 22.7 Å². The van der Waals surface area contributed by atoms with Gasteiger partial charge >= 0.3 is 0 Å². The molecule has 1 aromatic rings. The Bertz CT molecular complexity index is 649. The van der Waals surface area contributed by atoms with Gasteiger partial charge in [-0.2, -0.15) is 0 Å². The van der Waals surface area contributed by atoms with Crippen molar-refractivity contribution in [2.24, 2.45) is 5.92 Å². The van der Waals surface area contributed by atoms with Crippen molar-refractivity contribution in [3.63, 3.8) is 0 Å². The summed E-state index contributed by atoms with van der Waals surface area (Å²) in [4.78, 5) is 21.9. The normalized spacial score (nSPS) is 28.1. The Morgan fingerprint density at radius 1 is 1.36 bits per heavy atom. The van der Waals surface area contributed by atoms with Crippen molar-refractivity contribution in [3.8, 4) is 0 Å². The van der Waals surface area contributed by atoms with Gasteiger partial charge in [0, 0.05) is 32.4 Å². The molecule has 22 heavy (non-hydrogen) atoms. The van der Waals surface area contributed by atoms with E-state index >= 15 is 0 Å². The summed E-state index contributed by atoms with van der Waals surface area (Å²) in [7, 11) is -3.21. The Morgan fingerprint density at radius 2 is 2.14 bits per heavy atom. The quantitative estimate of drug-likeness (QED) is 0.784. The van der Waals surface area contributed by atoms with Gasteiger partial charge in [0.25, 0.3) is 5.91 Å². The number of aromatic nitrogens is 2. The number of sulfonamides is 1. The lowest BCUT2D eigenvalue weighted by Crippen LogP contribution is -2.35. The first-order chi connectivity index (χ1) is 10.5. The molecule has 3 heterocycles. The van der Waals surface area contributed by atoms with Crippen LogP contribution >= 0.6 is 0 Å². The Hall–Kier alpha value is -1.54. The van der Waals surface area contributed by atoms with Crippen LogP contribution in [0.4, 0.5) is 0 Å². The molecule has 2 atom stereocenters. The van der Waals surface area contributed by atoms with E-state index < -0.39 is 10.0 Å². The molecule has 8 heteroatoms. The number of hydrogen-bond donors (Lipinski definition) is 0. The zero-order chi connectivity index (χ0) is 15.7. The highest BCUT2D eigenvalue weighted by atomic mass is 32.2. The van der Waals surface area contributed by atoms with E-state index in [0.29, 0.717) is 38.3 Å². The molecule has 0 aliphatic carbocycles. The summed E-state index contributed by atoms with van der Waals surface area (Å²) in [6.07, 6.45) is 4.11. The second-order valence-electron chi connectivity index (χ2n) is 5.76. The minimum Gasteiger partial charge on any atom is -0.337 e. The van der Waals surface area contributed by atoms with Crippen molar-refractivity contribution in [3.05, 3.63) is 24.3 Å². The van der Waals surface area contributed by atoms with E-state index in [4.69, 9.17) is 0 Å². The molecule has 2 saturated heterocycles. The predicted molar refractivity (Wildman–Crippen MR) is 80.6 cm³/mol. The number of hydrogen-bond acceptors (Lipinski definition) is 5. The Balaban J connectivity index is 1.74. The van der Waals surface area contributed by atoms with Crippen molar-refractivity contribution in [2.75, 3.05) is 26.2 Å². The van der Waals surface area contributed by atoms with Crippen LogP contribution in [0.25, 0.3) is 0 Å². The van der Waals surface area contributed by atoms with E-state index in [1.807, 2.05) is 6.92 Å². The fourth-order valence-corrected chi connectivity index (χ4v) is 5.64. The Labute approximate surface area is 130 Å². The maximum atomic E-state index is 12.5. The van der Waals surface area contributed by atoms with Gasteiger partial charge in [-0.05, 0) is 24.8 Å². The summed E-state index contributed by atoms with van der Waals surface area (Å²) in [5.74, 6) is -0.0275. The van der Waals surface area contributed by atoms with E-state index in [1.54, 1.807) is 15.3 Å². The summed E-state index contributed by atoms with van der Waals surface area (Å²) in [5, 5.41) is -0.351. The standard InChI is InChI=1S/C14H20N4O3S/c1-2-18-9-11-4-7-17(8-5-13(11)22(18,20)21)14(19)12-3-6-15-10-16-12/h3,6,10-11,13H,2,4-5,7-9H2,1H3/t11-,13-/m1/s1. The number of carbonyl (C=O) groups is 1. The topological polar surface area (TPSA) is 83.5 Å². The molecular formula is C14H20N4O3S. The molecule has 0 N–H and O–H groups in total. The van der Waals surface area contributed by atoms with Crippen LogP contribution in [0.5, 0.6) is 0 Å². The molecule has 1 aromatic heterocycles. The van der Waals surface area contributed by atoms with Gasteiger partial charge in [0.15, 0.2) is 0 Å². The fraction of sp³-hybridized carbons (Fsp3) is 0.643. The largest absolute Gasteiger partial charge is 0.337 e. The highest BCUT2D eigenvalue weighted by Gasteiger charge is 2.46. The number of carbonyl (C=O) groups excluding carboxylic acids is 1. The van der Waals surface area contributed by atoms with Gasteiger partial charge in [0.2, 0.25) is 10.0 Å². The monoisotopic (exact) mass is 324 g/mol. The fourth-order valence-electron chi connectivity index (χ4n) is 3.39. The van der Waals surface area contributed by atoms with Crippen LogP contribution in [0, 0.1) is 5.92 Å². The van der Waals surface area contributed by atoms with Gasteiger partial charge < -0.3 is 4.90 Å². The van der Waals surface area contributed by atoms with Crippen LogP contribution < -0.4 is 0 Å². The van der Waals surface area contributed by atoms with Gasteiger partial charge in [0.1, 0.15) is 12.0 Å². The van der Waals surface area contributed by atoms with Crippen LogP contribution in [0.1, 0.15) is 30.3 Å². The maximum absolute atomic E-state index is 12.5. The van der Waals surface area contributed by atoms with E-state index in [-0.39, 0.29) is 17.1 Å². The molecule has 0 spiro atoms. The molecule has 2 aliphatic heterocycles.